The van der Waals surface area contributed by atoms with Crippen molar-refractivity contribution in [2.24, 2.45) is 5.92 Å². The molecule has 13 heavy (non-hydrogen) atoms. The Hall–Kier alpha value is 0.180. The summed E-state index contributed by atoms with van der Waals surface area (Å²) in [6.07, 6.45) is 5.50. The van der Waals surface area contributed by atoms with Gasteiger partial charge in [-0.25, -0.2) is 0 Å². The van der Waals surface area contributed by atoms with Crippen LogP contribution < -0.4 is 0 Å². The summed E-state index contributed by atoms with van der Waals surface area (Å²) in [5.74, 6) is 0.624. The third-order valence-electron chi connectivity index (χ3n) is 2.56. The van der Waals surface area contributed by atoms with Gasteiger partial charge in [0, 0.05) is 5.33 Å². The van der Waals surface area contributed by atoms with Crippen LogP contribution in [0.2, 0.25) is 0 Å². The monoisotopic (exact) mass is 246 g/mol. The van der Waals surface area contributed by atoms with Crippen LogP contribution in [0, 0.1) is 5.92 Å². The van der Waals surface area contributed by atoms with E-state index in [-0.39, 0.29) is 0 Å². The van der Waals surface area contributed by atoms with E-state index in [1.807, 2.05) is 0 Å². The fourth-order valence-corrected chi connectivity index (χ4v) is 2.42. The summed E-state index contributed by atoms with van der Waals surface area (Å²) in [6.45, 7) is 6.61. The van der Waals surface area contributed by atoms with Crippen LogP contribution >= 0.6 is 15.9 Å². The Morgan fingerprint density at radius 3 is 2.62 bits per heavy atom. The van der Waals surface area contributed by atoms with Crippen LogP contribution in [0.25, 0.3) is 0 Å². The summed E-state index contributed by atoms with van der Waals surface area (Å²) in [6, 6.07) is 0. The van der Waals surface area contributed by atoms with Crippen LogP contribution in [0.4, 0.5) is 0 Å². The minimum atomic E-state index is 0.366. The second-order valence-corrected chi connectivity index (χ2v) is 4.65. The molecule has 0 aliphatic carbocycles. The van der Waals surface area contributed by atoms with Gasteiger partial charge in [-0.3, -0.25) is 0 Å². The van der Waals surface area contributed by atoms with Crippen LogP contribution in [0.3, 0.4) is 0 Å². The van der Waals surface area contributed by atoms with Gasteiger partial charge < -0.3 is 4.74 Å². The molecule has 2 atom stereocenters. The zero-order valence-corrected chi connectivity index (χ0v) is 10.3. The van der Waals surface area contributed by atoms with E-state index in [2.05, 4.69) is 42.8 Å². The Balaban J connectivity index is 2.52. The van der Waals surface area contributed by atoms with Crippen LogP contribution in [-0.4, -0.2) is 17.5 Å². The lowest BCUT2D eigenvalue weighted by Gasteiger charge is -2.12. The first-order valence-corrected chi connectivity index (χ1v) is 6.17. The molecule has 0 N–H and O–H groups in total. The van der Waals surface area contributed by atoms with Gasteiger partial charge in [0.15, 0.2) is 0 Å². The van der Waals surface area contributed by atoms with Crippen molar-refractivity contribution in [1.29, 1.82) is 0 Å². The maximum absolute atomic E-state index is 5.75. The average Bonchev–Trinajstić information content (AvgIpc) is 2.46. The third-order valence-corrected chi connectivity index (χ3v) is 3.21. The molecular weight excluding hydrogens is 228 g/mol. The first-order chi connectivity index (χ1) is 6.13. The van der Waals surface area contributed by atoms with Crippen LogP contribution in [0.5, 0.6) is 0 Å². The number of alkyl halides is 1. The molecule has 1 heterocycles. The van der Waals surface area contributed by atoms with Gasteiger partial charge >= 0.3 is 0 Å². The van der Waals surface area contributed by atoms with Crippen molar-refractivity contribution in [3.05, 3.63) is 11.6 Å². The van der Waals surface area contributed by atoms with Crippen molar-refractivity contribution >= 4 is 15.9 Å². The zero-order chi connectivity index (χ0) is 9.84. The molecule has 1 aliphatic heterocycles. The first-order valence-electron chi connectivity index (χ1n) is 5.05. The second kappa shape index (κ2) is 5.16. The van der Waals surface area contributed by atoms with E-state index in [0.29, 0.717) is 18.1 Å². The molecular formula is C11H19BrO. The van der Waals surface area contributed by atoms with Crippen molar-refractivity contribution in [3.8, 4) is 0 Å². The maximum Gasteiger partial charge on any atom is 0.0763 e. The largest absolute Gasteiger partial charge is 0.371 e. The summed E-state index contributed by atoms with van der Waals surface area (Å²) in [4.78, 5) is 0. The van der Waals surface area contributed by atoms with Gasteiger partial charge in [-0.15, -0.1) is 0 Å². The van der Waals surface area contributed by atoms with Gasteiger partial charge in [0.05, 0.1) is 12.2 Å². The molecule has 0 bridgehead atoms. The second-order valence-electron chi connectivity index (χ2n) is 4.09. The number of rotatable bonds is 3. The van der Waals surface area contributed by atoms with Gasteiger partial charge in [0.25, 0.3) is 0 Å². The molecule has 1 rings (SSSR count). The summed E-state index contributed by atoms with van der Waals surface area (Å²) in [5, 5.41) is 0.971. The topological polar surface area (TPSA) is 9.23 Å². The van der Waals surface area contributed by atoms with E-state index in [1.165, 1.54) is 18.4 Å². The molecule has 0 spiro atoms. The quantitative estimate of drug-likeness (QED) is 0.547. The van der Waals surface area contributed by atoms with E-state index in [9.17, 15) is 0 Å². The van der Waals surface area contributed by atoms with Gasteiger partial charge in [-0.2, -0.15) is 0 Å². The van der Waals surface area contributed by atoms with Crippen molar-refractivity contribution in [2.75, 3.05) is 5.33 Å². The molecule has 0 saturated carbocycles. The fourth-order valence-electron chi connectivity index (χ4n) is 1.59. The molecule has 2 unspecified atom stereocenters. The molecule has 76 valence electrons. The van der Waals surface area contributed by atoms with Gasteiger partial charge in [-0.05, 0) is 25.7 Å². The first kappa shape index (κ1) is 11.3. The molecule has 0 aromatic carbocycles. The Labute approximate surface area is 89.7 Å². The van der Waals surface area contributed by atoms with E-state index >= 15 is 0 Å². The van der Waals surface area contributed by atoms with Gasteiger partial charge in [0.2, 0.25) is 0 Å². The van der Waals surface area contributed by atoms with E-state index in [4.69, 9.17) is 4.74 Å². The predicted molar refractivity (Wildman–Crippen MR) is 60.3 cm³/mol. The predicted octanol–water partition coefficient (Wildman–Crippen LogP) is 3.53. The summed E-state index contributed by atoms with van der Waals surface area (Å²) in [7, 11) is 0. The highest BCUT2D eigenvalue weighted by Crippen LogP contribution is 2.23. The lowest BCUT2D eigenvalue weighted by atomic mass is 10.0. The highest BCUT2D eigenvalue weighted by molar-refractivity contribution is 9.09. The Morgan fingerprint density at radius 1 is 1.54 bits per heavy atom. The highest BCUT2D eigenvalue weighted by atomic mass is 79.9. The Morgan fingerprint density at radius 2 is 2.23 bits per heavy atom. The lowest BCUT2D eigenvalue weighted by Crippen LogP contribution is -2.08. The minimum absolute atomic E-state index is 0.366. The van der Waals surface area contributed by atoms with Crippen LogP contribution in [-0.2, 0) is 4.74 Å². The number of halogens is 1. The van der Waals surface area contributed by atoms with Crippen molar-refractivity contribution < 1.29 is 4.74 Å². The highest BCUT2D eigenvalue weighted by Gasteiger charge is 2.20. The summed E-state index contributed by atoms with van der Waals surface area (Å²) < 4.78 is 5.75. The number of hydrogen-bond donors (Lipinski definition) is 0. The molecule has 1 saturated heterocycles. The van der Waals surface area contributed by atoms with Crippen molar-refractivity contribution in [1.82, 2.24) is 0 Å². The van der Waals surface area contributed by atoms with Crippen LogP contribution in [0.15, 0.2) is 11.6 Å². The summed E-state index contributed by atoms with van der Waals surface area (Å²) in [5.41, 5.74) is 1.46. The standard InChI is InChI=1S/C11H19BrO/c1-8(2)10(7-12)6-11-5-4-9(3)13-11/h6,8-9,11H,4-5,7H2,1-3H3/b10-6+. The third kappa shape index (κ3) is 3.43. The van der Waals surface area contributed by atoms with E-state index in [0.717, 1.165) is 5.33 Å². The maximum atomic E-state index is 5.75. The zero-order valence-electron chi connectivity index (χ0n) is 8.72. The molecule has 1 nitrogen and oxygen atoms in total. The Bertz CT molecular complexity index is 187. The van der Waals surface area contributed by atoms with Gasteiger partial charge in [0.1, 0.15) is 0 Å². The van der Waals surface area contributed by atoms with Gasteiger partial charge in [-0.1, -0.05) is 41.4 Å². The average molecular weight is 247 g/mol. The number of ether oxygens (including phenoxy) is 1. The summed E-state index contributed by atoms with van der Waals surface area (Å²) >= 11 is 3.51. The Kier molecular flexibility index (Phi) is 4.47. The molecule has 0 radical (unpaired) electrons. The molecule has 0 aromatic rings. The lowest BCUT2D eigenvalue weighted by molar-refractivity contribution is 0.0827. The smallest absolute Gasteiger partial charge is 0.0763 e. The van der Waals surface area contributed by atoms with E-state index < -0.39 is 0 Å². The van der Waals surface area contributed by atoms with E-state index in [1.54, 1.807) is 0 Å². The number of allylic oxidation sites excluding steroid dienone is 1. The molecule has 0 amide bonds. The number of hydrogen-bond acceptors (Lipinski definition) is 1. The molecule has 1 aliphatic rings. The molecule has 2 heteroatoms. The van der Waals surface area contributed by atoms with Crippen molar-refractivity contribution in [3.63, 3.8) is 0 Å². The fraction of sp³-hybridized carbons (Fsp3) is 0.818. The molecule has 0 aromatic heterocycles. The normalized spacial score (nSPS) is 30.1. The molecule has 1 fully saturated rings. The minimum Gasteiger partial charge on any atom is -0.371 e. The van der Waals surface area contributed by atoms with Crippen LogP contribution in [0.1, 0.15) is 33.6 Å². The van der Waals surface area contributed by atoms with Crippen molar-refractivity contribution in [2.45, 2.75) is 45.8 Å². The SMILES string of the molecule is CC1CCC(/C=C(\CBr)C(C)C)O1.